The highest BCUT2D eigenvalue weighted by atomic mass is 35.5. The Balaban J connectivity index is 1.28. The van der Waals surface area contributed by atoms with E-state index in [0.29, 0.717) is 30.2 Å². The average Bonchev–Trinajstić information content (AvgIpc) is 3.07. The molecule has 11 heteroatoms. The van der Waals surface area contributed by atoms with Gasteiger partial charge < -0.3 is 9.73 Å². The van der Waals surface area contributed by atoms with Crippen molar-refractivity contribution in [1.29, 1.82) is 5.26 Å². The van der Waals surface area contributed by atoms with E-state index in [-0.39, 0.29) is 23.5 Å². The smallest absolute Gasteiger partial charge is 0.230 e. The van der Waals surface area contributed by atoms with Crippen LogP contribution < -0.4 is 5.32 Å². The molecule has 1 N–H and O–H groups in total. The second-order valence-electron chi connectivity index (χ2n) is 7.46. The van der Waals surface area contributed by atoms with Crippen LogP contribution in [0.2, 0.25) is 5.02 Å². The number of fused-ring (bicyclic) bond motifs is 1. The van der Waals surface area contributed by atoms with Crippen LogP contribution in [0.3, 0.4) is 0 Å². The van der Waals surface area contributed by atoms with E-state index in [1.165, 1.54) is 11.3 Å². The summed E-state index contributed by atoms with van der Waals surface area (Å²) in [6, 6.07) is 6.10. The van der Waals surface area contributed by atoms with E-state index >= 15 is 0 Å². The summed E-state index contributed by atoms with van der Waals surface area (Å²) in [6.45, 7) is 0. The first-order valence-electron chi connectivity index (χ1n) is 9.58. The molecule has 0 saturated heterocycles. The Bertz CT molecular complexity index is 1260. The summed E-state index contributed by atoms with van der Waals surface area (Å²) in [6.07, 6.45) is 4.51. The third-order valence-corrected chi connectivity index (χ3v) is 8.28. The van der Waals surface area contributed by atoms with Crippen LogP contribution in [0.1, 0.15) is 46.9 Å². The topological polar surface area (TPSA) is 105 Å². The number of benzene rings is 1. The summed E-state index contributed by atoms with van der Waals surface area (Å²) in [7, 11) is 0. The van der Waals surface area contributed by atoms with Gasteiger partial charge in [0.05, 0.1) is 32.1 Å². The van der Waals surface area contributed by atoms with E-state index in [1.54, 1.807) is 11.8 Å². The zero-order valence-electron chi connectivity index (χ0n) is 16.0. The zero-order chi connectivity index (χ0) is 21.6. The number of hydrogen-bond donors (Lipinski definition) is 1. The van der Waals surface area contributed by atoms with Gasteiger partial charge >= 0.3 is 0 Å². The number of nitrogens with zero attached hydrogens (tertiary/aromatic N) is 4. The van der Waals surface area contributed by atoms with Gasteiger partial charge in [0.15, 0.2) is 0 Å². The summed E-state index contributed by atoms with van der Waals surface area (Å²) in [5.74, 6) is 0.292. The molecule has 1 aromatic carbocycles. The van der Waals surface area contributed by atoms with Crippen molar-refractivity contribution in [2.24, 2.45) is 0 Å². The van der Waals surface area contributed by atoms with Crippen LogP contribution in [-0.2, 0) is 17.6 Å². The van der Waals surface area contributed by atoms with E-state index in [9.17, 15) is 4.79 Å². The monoisotopic (exact) mass is 491 g/mol. The highest BCUT2D eigenvalue weighted by molar-refractivity contribution is 8.05. The number of nitriles is 1. The fraction of sp³-hybridized carbons (Fsp3) is 0.350. The Labute approximate surface area is 195 Å². The molecule has 3 heterocycles. The summed E-state index contributed by atoms with van der Waals surface area (Å²) in [5, 5.41) is 21.5. The molecule has 5 rings (SSSR count). The van der Waals surface area contributed by atoms with Crippen molar-refractivity contribution >= 4 is 62.4 Å². The minimum Gasteiger partial charge on any atom is -0.424 e. The van der Waals surface area contributed by atoms with Crippen molar-refractivity contribution in [3.63, 3.8) is 0 Å². The summed E-state index contributed by atoms with van der Waals surface area (Å²) in [4.78, 5) is 16.7. The van der Waals surface area contributed by atoms with Gasteiger partial charge in [-0.25, -0.2) is 4.98 Å². The van der Waals surface area contributed by atoms with Crippen molar-refractivity contribution in [1.82, 2.24) is 20.5 Å². The van der Waals surface area contributed by atoms with Crippen molar-refractivity contribution < 1.29 is 9.21 Å². The molecule has 1 aliphatic heterocycles. The molecule has 0 radical (unpaired) electrons. The Morgan fingerprint density at radius 2 is 2.13 bits per heavy atom. The van der Waals surface area contributed by atoms with Crippen LogP contribution in [0.15, 0.2) is 27.0 Å². The Kier molecular flexibility index (Phi) is 5.42. The lowest BCUT2D eigenvalue weighted by Gasteiger charge is -2.11. The number of carbonyl (C=O) groups excluding carboxylic acids is 1. The molecule has 7 nitrogen and oxygen atoms in total. The quantitative estimate of drug-likeness (QED) is 0.522. The first-order valence-corrected chi connectivity index (χ1v) is 12.0. The molecule has 1 unspecified atom stereocenters. The number of hydrogen-bond acceptors (Lipinski definition) is 8. The predicted molar refractivity (Wildman–Crippen MR) is 120 cm³/mol. The van der Waals surface area contributed by atoms with Crippen LogP contribution in [0, 0.1) is 11.3 Å². The number of thiazole rings is 1. The summed E-state index contributed by atoms with van der Waals surface area (Å²) >= 11 is 15.9. The second-order valence-corrected chi connectivity index (χ2v) is 10.8. The highest BCUT2D eigenvalue weighted by Crippen LogP contribution is 2.48. The second kappa shape index (κ2) is 8.10. The van der Waals surface area contributed by atoms with E-state index in [4.69, 9.17) is 32.9 Å². The number of amides is 1. The average molecular weight is 492 g/mol. The van der Waals surface area contributed by atoms with Crippen molar-refractivity contribution in [3.05, 3.63) is 49.9 Å². The lowest BCUT2D eigenvalue weighted by atomic mass is 10.1. The van der Waals surface area contributed by atoms with Crippen LogP contribution in [0.25, 0.3) is 10.2 Å². The number of nitrogens with one attached hydrogen (secondary N) is 1. The number of allylic oxidation sites excluding steroid dienone is 1. The molecule has 1 fully saturated rings. The summed E-state index contributed by atoms with van der Waals surface area (Å²) < 4.78 is 7.33. The van der Waals surface area contributed by atoms with E-state index in [2.05, 4.69) is 26.6 Å². The minimum absolute atomic E-state index is 0.0545. The summed E-state index contributed by atoms with van der Waals surface area (Å²) in [5.41, 5.74) is 1.16. The number of carbonyl (C=O) groups is 1. The number of aromatic nitrogens is 3. The molecule has 2 aliphatic rings. The molecular weight excluding hydrogens is 477 g/mol. The van der Waals surface area contributed by atoms with Gasteiger partial charge in [0.25, 0.3) is 0 Å². The molecule has 0 bridgehead atoms. The SMILES string of the molecule is N#CC1(NC(=O)Cc2nnc(Cc3nc4ccc(C5CC=C(Cl)S5)c(Cl)c4s3)o2)CC1. The fourth-order valence-electron chi connectivity index (χ4n) is 3.37. The molecule has 2 aromatic heterocycles. The minimum atomic E-state index is -0.711. The third kappa shape index (κ3) is 4.30. The van der Waals surface area contributed by atoms with E-state index in [0.717, 1.165) is 31.6 Å². The molecular formula is C20H15Cl2N5O2S2. The van der Waals surface area contributed by atoms with Gasteiger partial charge in [-0.1, -0.05) is 35.3 Å². The number of thioether (sulfide) groups is 1. The molecule has 31 heavy (non-hydrogen) atoms. The lowest BCUT2D eigenvalue weighted by Crippen LogP contribution is -2.36. The van der Waals surface area contributed by atoms with Crippen molar-refractivity contribution in [3.8, 4) is 6.07 Å². The Hall–Kier alpha value is -2.12. The largest absolute Gasteiger partial charge is 0.424 e. The van der Waals surface area contributed by atoms with Crippen molar-refractivity contribution in [2.45, 2.75) is 42.9 Å². The molecule has 1 saturated carbocycles. The highest BCUT2D eigenvalue weighted by Gasteiger charge is 2.44. The molecule has 1 aliphatic carbocycles. The molecule has 158 valence electrons. The van der Waals surface area contributed by atoms with Crippen LogP contribution >= 0.6 is 46.3 Å². The first kappa shape index (κ1) is 20.8. The maximum Gasteiger partial charge on any atom is 0.230 e. The van der Waals surface area contributed by atoms with Gasteiger partial charge in [-0.2, -0.15) is 5.26 Å². The molecule has 1 amide bonds. The van der Waals surface area contributed by atoms with E-state index in [1.807, 2.05) is 18.2 Å². The maximum absolute atomic E-state index is 12.1. The lowest BCUT2D eigenvalue weighted by molar-refractivity contribution is -0.121. The van der Waals surface area contributed by atoms with Crippen molar-refractivity contribution in [2.75, 3.05) is 0 Å². The van der Waals surface area contributed by atoms with Crippen LogP contribution in [0.4, 0.5) is 0 Å². The fourth-order valence-corrected chi connectivity index (χ4v) is 6.23. The van der Waals surface area contributed by atoms with Crippen LogP contribution in [-0.4, -0.2) is 26.6 Å². The van der Waals surface area contributed by atoms with Gasteiger partial charge in [-0.15, -0.1) is 33.3 Å². The normalized spacial score (nSPS) is 19.3. The molecule has 1 atom stereocenters. The maximum atomic E-state index is 12.1. The zero-order valence-corrected chi connectivity index (χ0v) is 19.2. The standard InChI is InChI=1S/C20H15Cl2N5O2S2/c21-13-4-3-12(30-13)10-1-2-11-19(18(10)22)31-17(24-11)8-16-27-26-15(29-16)7-14(28)25-20(9-23)5-6-20/h1-2,4,12H,3,5-8H2,(H,25,28). The third-order valence-electron chi connectivity index (χ3n) is 5.13. The number of rotatable bonds is 6. The Morgan fingerprint density at radius 3 is 2.84 bits per heavy atom. The van der Waals surface area contributed by atoms with Gasteiger partial charge in [-0.3, -0.25) is 4.79 Å². The van der Waals surface area contributed by atoms with E-state index < -0.39 is 5.54 Å². The predicted octanol–water partition coefficient (Wildman–Crippen LogP) is 4.90. The number of halogens is 2. The first-order chi connectivity index (χ1) is 14.9. The van der Waals surface area contributed by atoms with Gasteiger partial charge in [-0.05, 0) is 30.9 Å². The van der Waals surface area contributed by atoms with Gasteiger partial charge in [0.2, 0.25) is 17.7 Å². The molecule has 0 spiro atoms. The van der Waals surface area contributed by atoms with Gasteiger partial charge in [0.1, 0.15) is 17.0 Å². The molecule has 3 aromatic rings. The van der Waals surface area contributed by atoms with Crippen LogP contribution in [0.5, 0.6) is 0 Å². The van der Waals surface area contributed by atoms with Gasteiger partial charge in [0, 0.05) is 5.25 Å². The Morgan fingerprint density at radius 1 is 1.32 bits per heavy atom.